The lowest BCUT2D eigenvalue weighted by Gasteiger charge is -2.54. The highest BCUT2D eigenvalue weighted by Gasteiger charge is 2.60. The van der Waals surface area contributed by atoms with Crippen molar-refractivity contribution in [1.29, 1.82) is 0 Å². The van der Waals surface area contributed by atoms with E-state index in [0.717, 1.165) is 38.5 Å². The first-order valence-electron chi connectivity index (χ1n) is 12.8. The Labute approximate surface area is 206 Å². The van der Waals surface area contributed by atoms with Crippen LogP contribution in [0, 0.1) is 0 Å². The zero-order chi connectivity index (χ0) is 25.6. The molecule has 204 valence electrons. The van der Waals surface area contributed by atoms with Gasteiger partial charge in [0, 0.05) is 34.0 Å². The summed E-state index contributed by atoms with van der Waals surface area (Å²) in [6.07, 6.45) is 1.31. The second kappa shape index (κ2) is 16.4. The maximum Gasteiger partial charge on any atom is 0.220 e. The molecule has 1 rings (SSSR count). The molecule has 0 aromatic heterocycles. The number of hydrogen-bond donors (Lipinski definition) is 2. The number of ether oxygens (including phenoxy) is 7. The van der Waals surface area contributed by atoms with E-state index >= 15 is 0 Å². The molecule has 0 aromatic rings. The van der Waals surface area contributed by atoms with Crippen LogP contribution in [0.2, 0.25) is 0 Å². The van der Waals surface area contributed by atoms with Crippen LogP contribution in [0.25, 0.3) is 0 Å². The van der Waals surface area contributed by atoms with Crippen molar-refractivity contribution in [1.82, 2.24) is 0 Å². The quantitative estimate of drug-likeness (QED) is 0.262. The van der Waals surface area contributed by atoms with Crippen molar-refractivity contribution in [2.24, 2.45) is 0 Å². The molecule has 0 saturated carbocycles. The molecule has 1 aliphatic heterocycles. The molecule has 34 heavy (non-hydrogen) atoms. The summed E-state index contributed by atoms with van der Waals surface area (Å²) in [6, 6.07) is 0. The molecular formula is C25H50O9. The molecule has 1 saturated heterocycles. The van der Waals surface area contributed by atoms with E-state index in [1.54, 1.807) is 13.8 Å². The third-order valence-electron chi connectivity index (χ3n) is 6.50. The highest BCUT2D eigenvalue weighted by Crippen LogP contribution is 2.42. The Morgan fingerprint density at radius 2 is 1.29 bits per heavy atom. The van der Waals surface area contributed by atoms with Gasteiger partial charge in [-0.1, -0.05) is 40.0 Å². The normalized spacial score (nSPS) is 30.3. The Morgan fingerprint density at radius 1 is 0.794 bits per heavy atom. The van der Waals surface area contributed by atoms with Crippen LogP contribution in [-0.4, -0.2) is 99.6 Å². The highest BCUT2D eigenvalue weighted by atomic mass is 16.8. The smallest absolute Gasteiger partial charge is 0.220 e. The monoisotopic (exact) mass is 494 g/mol. The van der Waals surface area contributed by atoms with Crippen molar-refractivity contribution in [2.45, 2.75) is 115 Å². The van der Waals surface area contributed by atoms with Gasteiger partial charge in [-0.25, -0.2) is 0 Å². The molecule has 0 amide bonds. The van der Waals surface area contributed by atoms with Gasteiger partial charge in [-0.3, -0.25) is 0 Å². The number of aliphatic hydroxyl groups excluding tert-OH is 2. The van der Waals surface area contributed by atoms with Crippen molar-refractivity contribution in [3.8, 4) is 0 Å². The van der Waals surface area contributed by atoms with Crippen LogP contribution >= 0.6 is 0 Å². The molecule has 9 nitrogen and oxygen atoms in total. The van der Waals surface area contributed by atoms with Gasteiger partial charge < -0.3 is 43.4 Å². The van der Waals surface area contributed by atoms with Gasteiger partial charge in [0.2, 0.25) is 11.6 Å². The summed E-state index contributed by atoms with van der Waals surface area (Å²) in [6.45, 7) is 11.1. The first-order chi connectivity index (χ1) is 16.3. The molecule has 1 fully saturated rings. The highest BCUT2D eigenvalue weighted by molar-refractivity contribution is 4.98. The van der Waals surface area contributed by atoms with E-state index in [0.29, 0.717) is 19.8 Å². The van der Waals surface area contributed by atoms with Crippen LogP contribution < -0.4 is 0 Å². The molecule has 0 aliphatic carbocycles. The lowest BCUT2D eigenvalue weighted by atomic mass is 9.94. The minimum Gasteiger partial charge on any atom is -0.394 e. The van der Waals surface area contributed by atoms with Crippen LogP contribution in [0.1, 0.15) is 73.1 Å². The molecule has 2 unspecified atom stereocenters. The molecule has 2 N–H and O–H groups in total. The van der Waals surface area contributed by atoms with E-state index in [1.807, 2.05) is 6.92 Å². The minimum absolute atomic E-state index is 0.269. The standard InChI is InChI=1S/C25H50O9/c1-8-11-14-30-18-20(32-16-13-10-3)22-23(21(27)19(17-26)31-15-12-9-2)34-25(5,29-7)24(4,28-6)33-22/h19-23,26-27H,8-18H2,1-7H3/t19-,20-,21-,22+,23+,24?,25?/m1/s1. The van der Waals surface area contributed by atoms with E-state index in [9.17, 15) is 10.2 Å². The predicted molar refractivity (Wildman–Crippen MR) is 129 cm³/mol. The van der Waals surface area contributed by atoms with E-state index < -0.39 is 42.1 Å². The molecule has 0 spiro atoms. The van der Waals surface area contributed by atoms with Crippen molar-refractivity contribution in [2.75, 3.05) is 47.3 Å². The number of rotatable bonds is 19. The lowest BCUT2D eigenvalue weighted by Crippen LogP contribution is -2.70. The van der Waals surface area contributed by atoms with E-state index in [2.05, 4.69) is 13.8 Å². The molecule has 0 aromatic carbocycles. The Balaban J connectivity index is 3.25. The number of unbranched alkanes of at least 4 members (excludes halogenated alkanes) is 3. The molecule has 1 aliphatic rings. The van der Waals surface area contributed by atoms with Crippen molar-refractivity contribution >= 4 is 0 Å². The molecule has 9 heteroatoms. The summed E-state index contributed by atoms with van der Waals surface area (Å²) in [5.74, 6) is -2.61. The Hall–Kier alpha value is -0.360. The number of methoxy groups -OCH3 is 2. The average molecular weight is 495 g/mol. The van der Waals surface area contributed by atoms with Gasteiger partial charge in [-0.2, -0.15) is 0 Å². The first kappa shape index (κ1) is 31.7. The van der Waals surface area contributed by atoms with Gasteiger partial charge >= 0.3 is 0 Å². The number of aliphatic hydroxyl groups is 2. The number of hydrogen-bond acceptors (Lipinski definition) is 9. The summed E-state index contributed by atoms with van der Waals surface area (Å²) < 4.78 is 42.1. The van der Waals surface area contributed by atoms with Crippen LogP contribution in [-0.2, 0) is 33.2 Å². The maximum absolute atomic E-state index is 11.3. The fraction of sp³-hybridized carbons (Fsp3) is 1.00. The fourth-order valence-electron chi connectivity index (χ4n) is 3.80. The zero-order valence-electron chi connectivity index (χ0n) is 22.4. The van der Waals surface area contributed by atoms with Crippen molar-refractivity contribution in [3.63, 3.8) is 0 Å². The van der Waals surface area contributed by atoms with Crippen molar-refractivity contribution < 1.29 is 43.4 Å². The molecule has 1 heterocycles. The first-order valence-corrected chi connectivity index (χ1v) is 12.8. The van der Waals surface area contributed by atoms with E-state index in [-0.39, 0.29) is 13.2 Å². The molecule has 0 bridgehead atoms. The van der Waals surface area contributed by atoms with Crippen LogP contribution in [0.15, 0.2) is 0 Å². The van der Waals surface area contributed by atoms with Gasteiger partial charge in [0.05, 0.1) is 13.2 Å². The average Bonchev–Trinajstić information content (AvgIpc) is 2.84. The van der Waals surface area contributed by atoms with Gasteiger partial charge in [-0.15, -0.1) is 0 Å². The summed E-state index contributed by atoms with van der Waals surface area (Å²) >= 11 is 0. The molecule has 0 radical (unpaired) electrons. The van der Waals surface area contributed by atoms with Gasteiger partial charge in [0.1, 0.15) is 30.5 Å². The zero-order valence-corrected chi connectivity index (χ0v) is 22.4. The van der Waals surface area contributed by atoms with E-state index in [1.165, 1.54) is 14.2 Å². The summed E-state index contributed by atoms with van der Waals surface area (Å²) in [5, 5.41) is 21.3. The summed E-state index contributed by atoms with van der Waals surface area (Å²) in [4.78, 5) is 0. The van der Waals surface area contributed by atoms with Crippen LogP contribution in [0.3, 0.4) is 0 Å². The largest absolute Gasteiger partial charge is 0.394 e. The maximum atomic E-state index is 11.3. The van der Waals surface area contributed by atoms with Crippen LogP contribution in [0.4, 0.5) is 0 Å². The Kier molecular flexibility index (Phi) is 15.3. The fourth-order valence-corrected chi connectivity index (χ4v) is 3.80. The predicted octanol–water partition coefficient (Wildman–Crippen LogP) is 3.04. The summed E-state index contributed by atoms with van der Waals surface area (Å²) in [7, 11) is 3.01. The Bertz CT molecular complexity index is 523. The van der Waals surface area contributed by atoms with Crippen LogP contribution in [0.5, 0.6) is 0 Å². The molecular weight excluding hydrogens is 444 g/mol. The van der Waals surface area contributed by atoms with E-state index in [4.69, 9.17) is 33.2 Å². The molecule has 7 atom stereocenters. The second-order valence-electron chi connectivity index (χ2n) is 9.09. The second-order valence-corrected chi connectivity index (χ2v) is 9.09. The van der Waals surface area contributed by atoms with Gasteiger partial charge in [0.15, 0.2) is 0 Å². The SMILES string of the molecule is CCCCOC[C@@H](OCCCC)[C@@H]1OC(C)(OC)C(C)(OC)O[C@H]1[C@H](O)[C@@H](CO)OCCCC. The van der Waals surface area contributed by atoms with Crippen molar-refractivity contribution in [3.05, 3.63) is 0 Å². The lowest BCUT2D eigenvalue weighted by molar-refractivity contribution is -0.463. The van der Waals surface area contributed by atoms with Gasteiger partial charge in [0.25, 0.3) is 0 Å². The third-order valence-corrected chi connectivity index (χ3v) is 6.50. The minimum atomic E-state index is -1.33. The van der Waals surface area contributed by atoms with Gasteiger partial charge in [-0.05, 0) is 33.1 Å². The Morgan fingerprint density at radius 3 is 1.79 bits per heavy atom. The third kappa shape index (κ3) is 8.64. The summed E-state index contributed by atoms with van der Waals surface area (Å²) in [5.41, 5.74) is 0. The topological polar surface area (TPSA) is 105 Å².